The third-order valence-corrected chi connectivity index (χ3v) is 3.36. The van der Waals surface area contributed by atoms with Gasteiger partial charge in [-0.25, -0.2) is 9.59 Å². The number of halogens is 1. The van der Waals surface area contributed by atoms with Crippen molar-refractivity contribution in [1.82, 2.24) is 4.98 Å². The first-order valence-corrected chi connectivity index (χ1v) is 7.26. The minimum absolute atomic E-state index is 0.126. The molecule has 0 amide bonds. The predicted octanol–water partition coefficient (Wildman–Crippen LogP) is 3.57. The number of carbonyl (C=O) groups excluding carboxylic acids is 1. The van der Waals surface area contributed by atoms with Crippen LogP contribution in [-0.4, -0.2) is 28.6 Å². The molecular formula is C16H16ClNO4. The second kappa shape index (κ2) is 7.13. The summed E-state index contributed by atoms with van der Waals surface area (Å²) in [5.41, 5.74) is 1.75. The number of esters is 1. The van der Waals surface area contributed by atoms with Gasteiger partial charge in [0.05, 0.1) is 6.61 Å². The summed E-state index contributed by atoms with van der Waals surface area (Å²) >= 11 is 6.06. The molecule has 0 unspecified atom stereocenters. The molecule has 0 saturated heterocycles. The van der Waals surface area contributed by atoms with E-state index in [0.29, 0.717) is 30.0 Å². The summed E-state index contributed by atoms with van der Waals surface area (Å²) in [4.78, 5) is 25.1. The summed E-state index contributed by atoms with van der Waals surface area (Å²) in [6.07, 6.45) is 4.40. The lowest BCUT2D eigenvalue weighted by Crippen LogP contribution is -1.98. The average Bonchev–Trinajstić information content (AvgIpc) is 2.87. The molecule has 116 valence electrons. The van der Waals surface area contributed by atoms with E-state index in [1.807, 2.05) is 6.07 Å². The molecule has 0 atom stereocenters. The van der Waals surface area contributed by atoms with Crippen molar-refractivity contribution < 1.29 is 19.4 Å². The van der Waals surface area contributed by atoms with E-state index in [1.54, 1.807) is 25.1 Å². The largest absolute Gasteiger partial charge is 0.477 e. The number of carboxylic acids is 1. The summed E-state index contributed by atoms with van der Waals surface area (Å²) in [6, 6.07) is 5.10. The Morgan fingerprint density at radius 3 is 2.82 bits per heavy atom. The van der Waals surface area contributed by atoms with Gasteiger partial charge < -0.3 is 14.8 Å². The van der Waals surface area contributed by atoms with E-state index in [1.165, 1.54) is 6.08 Å². The van der Waals surface area contributed by atoms with E-state index < -0.39 is 5.97 Å². The van der Waals surface area contributed by atoms with Gasteiger partial charge in [-0.05, 0) is 43.5 Å². The second-order valence-electron chi connectivity index (χ2n) is 4.71. The molecular weight excluding hydrogens is 306 g/mol. The molecule has 6 heteroatoms. The minimum Gasteiger partial charge on any atom is -0.477 e. The Morgan fingerprint density at radius 2 is 2.14 bits per heavy atom. The van der Waals surface area contributed by atoms with Gasteiger partial charge in [-0.1, -0.05) is 17.7 Å². The highest BCUT2D eigenvalue weighted by molar-refractivity contribution is 6.31. The van der Waals surface area contributed by atoms with Crippen molar-refractivity contribution in [1.29, 1.82) is 0 Å². The number of hydrogen-bond donors (Lipinski definition) is 2. The summed E-state index contributed by atoms with van der Waals surface area (Å²) in [5.74, 6) is -1.38. The van der Waals surface area contributed by atoms with Crippen LogP contribution in [0.2, 0.25) is 5.02 Å². The van der Waals surface area contributed by atoms with E-state index in [4.69, 9.17) is 21.4 Å². The molecule has 0 radical (unpaired) electrons. The fraction of sp³-hybridized carbons (Fsp3) is 0.250. The van der Waals surface area contributed by atoms with Crippen LogP contribution in [0, 0.1) is 0 Å². The van der Waals surface area contributed by atoms with Crippen LogP contribution >= 0.6 is 11.6 Å². The zero-order valence-corrected chi connectivity index (χ0v) is 12.8. The number of carboxylic acid groups (broad SMARTS) is 1. The molecule has 0 aliphatic heterocycles. The van der Waals surface area contributed by atoms with Gasteiger partial charge in [-0.2, -0.15) is 0 Å². The Balaban J connectivity index is 2.16. The fourth-order valence-electron chi connectivity index (χ4n) is 2.20. The van der Waals surface area contributed by atoms with Crippen LogP contribution in [0.1, 0.15) is 29.4 Å². The molecule has 1 heterocycles. The predicted molar refractivity (Wildman–Crippen MR) is 84.4 cm³/mol. The molecule has 0 aliphatic carbocycles. The lowest BCUT2D eigenvalue weighted by Gasteiger charge is -2.02. The molecule has 0 bridgehead atoms. The number of ether oxygens (including phenoxy) is 1. The van der Waals surface area contributed by atoms with Gasteiger partial charge in [-0.15, -0.1) is 0 Å². The van der Waals surface area contributed by atoms with E-state index in [-0.39, 0.29) is 11.7 Å². The topological polar surface area (TPSA) is 79.4 Å². The van der Waals surface area contributed by atoms with E-state index in [0.717, 1.165) is 10.9 Å². The van der Waals surface area contributed by atoms with Crippen LogP contribution in [0.5, 0.6) is 0 Å². The van der Waals surface area contributed by atoms with Crippen LogP contribution in [0.25, 0.3) is 10.9 Å². The number of rotatable bonds is 6. The molecule has 2 rings (SSSR count). The third kappa shape index (κ3) is 3.89. The molecule has 2 aromatic rings. The van der Waals surface area contributed by atoms with Crippen LogP contribution in [0.15, 0.2) is 30.4 Å². The van der Waals surface area contributed by atoms with Gasteiger partial charge in [0.15, 0.2) is 0 Å². The number of benzene rings is 1. The summed E-state index contributed by atoms with van der Waals surface area (Å²) < 4.78 is 4.80. The first kappa shape index (κ1) is 16.1. The first-order valence-electron chi connectivity index (χ1n) is 6.89. The lowest BCUT2D eigenvalue weighted by molar-refractivity contribution is -0.137. The highest BCUT2D eigenvalue weighted by Crippen LogP contribution is 2.26. The molecule has 22 heavy (non-hydrogen) atoms. The maximum Gasteiger partial charge on any atom is 0.352 e. The maximum absolute atomic E-state index is 11.2. The van der Waals surface area contributed by atoms with E-state index in [9.17, 15) is 9.59 Å². The zero-order chi connectivity index (χ0) is 16.1. The van der Waals surface area contributed by atoms with Crippen molar-refractivity contribution >= 4 is 34.4 Å². The number of nitrogens with one attached hydrogen (secondary N) is 1. The van der Waals surface area contributed by atoms with Crippen molar-refractivity contribution in [3.63, 3.8) is 0 Å². The molecule has 5 nitrogen and oxygen atoms in total. The lowest BCUT2D eigenvalue weighted by atomic mass is 10.0. The van der Waals surface area contributed by atoms with E-state index in [2.05, 4.69) is 4.98 Å². The number of aromatic amines is 1. The van der Waals surface area contributed by atoms with Crippen LogP contribution < -0.4 is 0 Å². The van der Waals surface area contributed by atoms with Crippen molar-refractivity contribution in [3.8, 4) is 0 Å². The SMILES string of the molecule is CCOC(=O)C=CCCc1cc(Cl)cc2[nH]c(C(=O)O)cc12. The molecule has 0 fully saturated rings. The minimum atomic E-state index is -1.01. The third-order valence-electron chi connectivity index (χ3n) is 3.14. The second-order valence-corrected chi connectivity index (χ2v) is 5.14. The Bertz CT molecular complexity index is 733. The fourth-order valence-corrected chi connectivity index (χ4v) is 2.45. The number of aromatic nitrogens is 1. The summed E-state index contributed by atoms with van der Waals surface area (Å²) in [6.45, 7) is 2.10. The standard InChI is InChI=1S/C16H16ClNO4/c1-2-22-15(19)6-4-3-5-10-7-11(17)8-13-12(10)9-14(18-13)16(20)21/h4,6-9,18H,2-3,5H2,1H3,(H,20,21). The number of H-pyrrole nitrogens is 1. The molecule has 2 N–H and O–H groups in total. The summed E-state index contributed by atoms with van der Waals surface area (Å²) in [5, 5.41) is 10.4. The number of aryl methyl sites for hydroxylation is 1. The van der Waals surface area contributed by atoms with Gasteiger partial charge in [0.2, 0.25) is 0 Å². The van der Waals surface area contributed by atoms with Crippen LogP contribution in [0.4, 0.5) is 0 Å². The van der Waals surface area contributed by atoms with Gasteiger partial charge in [0.1, 0.15) is 5.69 Å². The zero-order valence-electron chi connectivity index (χ0n) is 12.1. The number of fused-ring (bicyclic) bond motifs is 1. The van der Waals surface area contributed by atoms with Crippen molar-refractivity contribution in [2.24, 2.45) is 0 Å². The normalized spacial score (nSPS) is 11.2. The van der Waals surface area contributed by atoms with Gasteiger partial charge in [0.25, 0.3) is 0 Å². The number of carbonyl (C=O) groups is 2. The average molecular weight is 322 g/mol. The van der Waals surface area contributed by atoms with Gasteiger partial charge >= 0.3 is 11.9 Å². The number of allylic oxidation sites excluding steroid dienone is 1. The van der Waals surface area contributed by atoms with E-state index >= 15 is 0 Å². The van der Waals surface area contributed by atoms with Gasteiger partial charge in [-0.3, -0.25) is 0 Å². The van der Waals surface area contributed by atoms with Crippen molar-refractivity contribution in [3.05, 3.63) is 46.6 Å². The molecule has 0 spiro atoms. The number of aromatic carboxylic acids is 1. The van der Waals surface area contributed by atoms with Crippen molar-refractivity contribution in [2.45, 2.75) is 19.8 Å². The molecule has 1 aromatic carbocycles. The quantitative estimate of drug-likeness (QED) is 0.629. The smallest absolute Gasteiger partial charge is 0.352 e. The van der Waals surface area contributed by atoms with Crippen LogP contribution in [0.3, 0.4) is 0 Å². The molecule has 0 saturated carbocycles. The Labute approximate surface area is 132 Å². The highest BCUT2D eigenvalue weighted by Gasteiger charge is 2.11. The van der Waals surface area contributed by atoms with Crippen LogP contribution in [-0.2, 0) is 16.0 Å². The maximum atomic E-state index is 11.2. The Hall–Kier alpha value is -2.27. The summed E-state index contributed by atoms with van der Waals surface area (Å²) in [7, 11) is 0. The Morgan fingerprint density at radius 1 is 1.36 bits per heavy atom. The monoisotopic (exact) mass is 321 g/mol. The highest BCUT2D eigenvalue weighted by atomic mass is 35.5. The number of hydrogen-bond acceptors (Lipinski definition) is 3. The van der Waals surface area contributed by atoms with Crippen molar-refractivity contribution in [2.75, 3.05) is 6.61 Å². The van der Waals surface area contributed by atoms with Gasteiger partial charge in [0, 0.05) is 22.0 Å². The molecule has 1 aromatic heterocycles. The first-order chi connectivity index (χ1) is 10.5. The molecule has 0 aliphatic rings. The Kier molecular flexibility index (Phi) is 5.22.